The number of amides is 1. The van der Waals surface area contributed by atoms with Gasteiger partial charge in [-0.3, -0.25) is 9.78 Å². The first-order valence-corrected chi connectivity index (χ1v) is 10.4. The summed E-state index contributed by atoms with van der Waals surface area (Å²) in [6.07, 6.45) is 6.51. The van der Waals surface area contributed by atoms with Crippen molar-refractivity contribution in [3.8, 4) is 0 Å². The average Bonchev–Trinajstić information content (AvgIpc) is 2.72. The molecule has 7 heteroatoms. The fourth-order valence-corrected chi connectivity index (χ4v) is 4.14. The van der Waals surface area contributed by atoms with Gasteiger partial charge in [-0.15, -0.1) is 0 Å². The zero-order valence-corrected chi connectivity index (χ0v) is 17.2. The zero-order chi connectivity index (χ0) is 20.3. The Kier molecular flexibility index (Phi) is 5.76. The van der Waals surface area contributed by atoms with E-state index in [4.69, 9.17) is 9.72 Å². The number of nitrogens with zero attached hydrogens (tertiary/aromatic N) is 4. The highest BCUT2D eigenvalue weighted by atomic mass is 16.5. The fraction of sp³-hybridized carbons (Fsp3) is 0.545. The van der Waals surface area contributed by atoms with E-state index in [9.17, 15) is 4.79 Å². The molecule has 2 aliphatic rings. The molecule has 1 aliphatic heterocycles. The van der Waals surface area contributed by atoms with Crippen molar-refractivity contribution in [3.05, 3.63) is 47.5 Å². The topological polar surface area (TPSA) is 80.2 Å². The van der Waals surface area contributed by atoms with E-state index in [1.807, 2.05) is 24.4 Å². The van der Waals surface area contributed by atoms with E-state index < -0.39 is 0 Å². The van der Waals surface area contributed by atoms with E-state index in [1.54, 1.807) is 6.20 Å². The third kappa shape index (κ3) is 4.90. The molecule has 2 aromatic rings. The molecule has 4 rings (SSSR count). The molecule has 29 heavy (non-hydrogen) atoms. The highest BCUT2D eigenvalue weighted by Crippen LogP contribution is 2.40. The van der Waals surface area contributed by atoms with Crippen LogP contribution in [-0.4, -0.2) is 47.2 Å². The van der Waals surface area contributed by atoms with Crippen LogP contribution in [0.15, 0.2) is 30.6 Å². The zero-order valence-electron chi connectivity index (χ0n) is 17.2. The second-order valence-corrected chi connectivity index (χ2v) is 8.66. The SMILES string of the molecule is CC1(C)Cc2nc(N3CCOCC3)ncc2[C@H](NC(=O)CCc2ccccn2)C1. The molecule has 0 aromatic carbocycles. The van der Waals surface area contributed by atoms with E-state index in [1.165, 1.54) is 0 Å². The maximum atomic E-state index is 12.6. The summed E-state index contributed by atoms with van der Waals surface area (Å²) in [6.45, 7) is 7.52. The molecule has 1 atom stereocenters. The first-order chi connectivity index (χ1) is 14.0. The summed E-state index contributed by atoms with van der Waals surface area (Å²) in [5.74, 6) is 0.812. The Bertz CT molecular complexity index is 850. The number of ether oxygens (including phenoxy) is 1. The highest BCUT2D eigenvalue weighted by molar-refractivity contribution is 5.76. The van der Waals surface area contributed by atoms with Gasteiger partial charge in [-0.1, -0.05) is 19.9 Å². The van der Waals surface area contributed by atoms with Crippen LogP contribution in [0, 0.1) is 5.41 Å². The van der Waals surface area contributed by atoms with Crippen molar-refractivity contribution in [2.75, 3.05) is 31.2 Å². The van der Waals surface area contributed by atoms with Gasteiger partial charge in [0.2, 0.25) is 11.9 Å². The number of carbonyl (C=O) groups is 1. The second kappa shape index (κ2) is 8.45. The van der Waals surface area contributed by atoms with Gasteiger partial charge < -0.3 is 15.0 Å². The van der Waals surface area contributed by atoms with Crippen LogP contribution < -0.4 is 10.2 Å². The van der Waals surface area contributed by atoms with Gasteiger partial charge in [0.05, 0.1) is 24.9 Å². The van der Waals surface area contributed by atoms with Gasteiger partial charge in [0.1, 0.15) is 0 Å². The summed E-state index contributed by atoms with van der Waals surface area (Å²) in [7, 11) is 0. The molecular formula is C22H29N5O2. The number of carbonyl (C=O) groups excluding carboxylic acids is 1. The van der Waals surface area contributed by atoms with Crippen molar-refractivity contribution in [1.82, 2.24) is 20.3 Å². The van der Waals surface area contributed by atoms with E-state index in [-0.39, 0.29) is 17.4 Å². The molecule has 0 spiro atoms. The smallest absolute Gasteiger partial charge is 0.225 e. The molecule has 1 aliphatic carbocycles. The molecule has 154 valence electrons. The van der Waals surface area contributed by atoms with Gasteiger partial charge in [0.25, 0.3) is 0 Å². The number of rotatable bonds is 5. The number of pyridine rings is 1. The van der Waals surface area contributed by atoms with Crippen molar-refractivity contribution in [2.24, 2.45) is 5.41 Å². The predicted octanol–water partition coefficient (Wildman–Crippen LogP) is 2.47. The molecule has 7 nitrogen and oxygen atoms in total. The predicted molar refractivity (Wildman–Crippen MR) is 111 cm³/mol. The van der Waals surface area contributed by atoms with Crippen molar-refractivity contribution in [1.29, 1.82) is 0 Å². The highest BCUT2D eigenvalue weighted by Gasteiger charge is 2.34. The molecule has 0 unspecified atom stereocenters. The normalized spacial score (nSPS) is 20.8. The minimum absolute atomic E-state index is 0.0431. The molecule has 2 aromatic heterocycles. The summed E-state index contributed by atoms with van der Waals surface area (Å²) in [6, 6.07) is 5.73. The number of aryl methyl sites for hydroxylation is 1. The number of aromatic nitrogens is 3. The molecule has 0 radical (unpaired) electrons. The Labute approximate surface area is 171 Å². The lowest BCUT2D eigenvalue weighted by Crippen LogP contribution is -2.39. The van der Waals surface area contributed by atoms with Gasteiger partial charge in [0, 0.05) is 43.2 Å². The average molecular weight is 396 g/mol. The Morgan fingerprint density at radius 1 is 1.28 bits per heavy atom. The van der Waals surface area contributed by atoms with Crippen molar-refractivity contribution < 1.29 is 9.53 Å². The number of morpholine rings is 1. The van der Waals surface area contributed by atoms with Gasteiger partial charge in [-0.2, -0.15) is 0 Å². The number of hydrogen-bond acceptors (Lipinski definition) is 6. The third-order valence-electron chi connectivity index (χ3n) is 5.63. The molecule has 3 heterocycles. The lowest BCUT2D eigenvalue weighted by molar-refractivity contribution is -0.122. The molecule has 1 N–H and O–H groups in total. The number of hydrogen-bond donors (Lipinski definition) is 1. The van der Waals surface area contributed by atoms with Crippen LogP contribution in [0.4, 0.5) is 5.95 Å². The second-order valence-electron chi connectivity index (χ2n) is 8.66. The minimum Gasteiger partial charge on any atom is -0.378 e. The van der Waals surface area contributed by atoms with Crippen LogP contribution in [0.2, 0.25) is 0 Å². The standard InChI is InChI=1S/C22H29N5O2/c1-22(2)13-18(25-20(28)7-6-16-5-3-4-8-23-16)17-15-24-21(26-19(17)14-22)27-9-11-29-12-10-27/h3-5,8,15,18H,6-7,9-14H2,1-2H3,(H,25,28)/t18-/m1/s1. The quantitative estimate of drug-likeness (QED) is 0.838. The Hall–Kier alpha value is -2.54. The lowest BCUT2D eigenvalue weighted by atomic mass is 9.74. The van der Waals surface area contributed by atoms with Crippen LogP contribution >= 0.6 is 0 Å². The van der Waals surface area contributed by atoms with Crippen molar-refractivity contribution in [2.45, 2.75) is 45.6 Å². The van der Waals surface area contributed by atoms with Gasteiger partial charge >= 0.3 is 0 Å². The number of fused-ring (bicyclic) bond motifs is 1. The van der Waals surface area contributed by atoms with E-state index in [0.717, 1.165) is 48.8 Å². The maximum Gasteiger partial charge on any atom is 0.225 e. The van der Waals surface area contributed by atoms with E-state index >= 15 is 0 Å². The molecule has 1 fully saturated rings. The molecule has 0 bridgehead atoms. The third-order valence-corrected chi connectivity index (χ3v) is 5.63. The van der Waals surface area contributed by atoms with Crippen LogP contribution in [0.25, 0.3) is 0 Å². The molecule has 1 saturated heterocycles. The molecule has 1 amide bonds. The van der Waals surface area contributed by atoms with Crippen LogP contribution in [0.5, 0.6) is 0 Å². The number of anilines is 1. The lowest BCUT2D eigenvalue weighted by Gasteiger charge is -2.37. The minimum atomic E-state index is -0.0521. The van der Waals surface area contributed by atoms with Gasteiger partial charge in [-0.05, 0) is 36.8 Å². The largest absolute Gasteiger partial charge is 0.378 e. The summed E-state index contributed by atoms with van der Waals surface area (Å²) >= 11 is 0. The summed E-state index contributed by atoms with van der Waals surface area (Å²) < 4.78 is 5.43. The first kappa shape index (κ1) is 19.8. The summed E-state index contributed by atoms with van der Waals surface area (Å²) in [4.78, 5) is 28.6. The fourth-order valence-electron chi connectivity index (χ4n) is 4.14. The van der Waals surface area contributed by atoms with Crippen LogP contribution in [-0.2, 0) is 22.4 Å². The van der Waals surface area contributed by atoms with Crippen LogP contribution in [0.3, 0.4) is 0 Å². The first-order valence-electron chi connectivity index (χ1n) is 10.4. The Morgan fingerprint density at radius 2 is 2.10 bits per heavy atom. The van der Waals surface area contributed by atoms with Gasteiger partial charge in [0.15, 0.2) is 0 Å². The summed E-state index contributed by atoms with van der Waals surface area (Å²) in [5, 5.41) is 3.22. The monoisotopic (exact) mass is 395 g/mol. The Balaban J connectivity index is 1.47. The van der Waals surface area contributed by atoms with Crippen molar-refractivity contribution >= 4 is 11.9 Å². The van der Waals surface area contributed by atoms with E-state index in [0.29, 0.717) is 26.1 Å². The van der Waals surface area contributed by atoms with Crippen LogP contribution in [0.1, 0.15) is 49.7 Å². The Morgan fingerprint density at radius 3 is 2.86 bits per heavy atom. The van der Waals surface area contributed by atoms with E-state index in [2.05, 4.69) is 34.0 Å². The summed E-state index contributed by atoms with van der Waals surface area (Å²) in [5.41, 5.74) is 3.11. The maximum absolute atomic E-state index is 12.6. The van der Waals surface area contributed by atoms with Crippen molar-refractivity contribution in [3.63, 3.8) is 0 Å². The molecular weight excluding hydrogens is 366 g/mol. The number of nitrogens with one attached hydrogen (secondary N) is 1. The van der Waals surface area contributed by atoms with Gasteiger partial charge in [-0.25, -0.2) is 9.97 Å². The molecule has 0 saturated carbocycles.